The van der Waals surface area contributed by atoms with Crippen LogP contribution in [0.25, 0.3) is 0 Å². The Labute approximate surface area is 195 Å². The lowest BCUT2D eigenvalue weighted by molar-refractivity contribution is -0.145. The second-order valence-electron chi connectivity index (χ2n) is 9.52. The first-order chi connectivity index (χ1) is 15.7. The predicted molar refractivity (Wildman–Crippen MR) is 124 cm³/mol. The summed E-state index contributed by atoms with van der Waals surface area (Å²) in [7, 11) is 0. The van der Waals surface area contributed by atoms with Crippen molar-refractivity contribution in [3.63, 3.8) is 0 Å². The SMILES string of the molecule is CCC(CCCCCCCCCC(=O)OCC1CO1)CCCCCCC(=O)OCC1CO1. The molecule has 0 spiro atoms. The summed E-state index contributed by atoms with van der Waals surface area (Å²) in [5.41, 5.74) is 0. The highest BCUT2D eigenvalue weighted by Crippen LogP contribution is 2.22. The van der Waals surface area contributed by atoms with Crippen molar-refractivity contribution in [2.45, 2.75) is 122 Å². The van der Waals surface area contributed by atoms with E-state index in [2.05, 4.69) is 6.92 Å². The van der Waals surface area contributed by atoms with Crippen LogP contribution in [0.2, 0.25) is 0 Å². The largest absolute Gasteiger partial charge is 0.463 e. The zero-order chi connectivity index (χ0) is 22.9. The minimum absolute atomic E-state index is 0.0751. The zero-order valence-corrected chi connectivity index (χ0v) is 20.3. The molecule has 3 unspecified atom stereocenters. The molecule has 0 saturated carbocycles. The van der Waals surface area contributed by atoms with Gasteiger partial charge in [-0.3, -0.25) is 9.59 Å². The fraction of sp³-hybridized carbons (Fsp3) is 0.923. The summed E-state index contributed by atoms with van der Waals surface area (Å²) in [5.74, 6) is 0.701. The molecule has 2 aliphatic heterocycles. The zero-order valence-electron chi connectivity index (χ0n) is 20.3. The van der Waals surface area contributed by atoms with E-state index in [1.807, 2.05) is 0 Å². The third-order valence-electron chi connectivity index (χ3n) is 6.48. The molecular formula is C26H46O6. The van der Waals surface area contributed by atoms with E-state index < -0.39 is 0 Å². The van der Waals surface area contributed by atoms with Crippen LogP contribution in [0.15, 0.2) is 0 Å². The number of hydrogen-bond acceptors (Lipinski definition) is 6. The van der Waals surface area contributed by atoms with Crippen molar-refractivity contribution < 1.29 is 28.5 Å². The second-order valence-corrected chi connectivity index (χ2v) is 9.52. The summed E-state index contributed by atoms with van der Waals surface area (Å²) in [5, 5.41) is 0. The van der Waals surface area contributed by atoms with Gasteiger partial charge in [0.05, 0.1) is 13.2 Å². The number of carbonyl (C=O) groups is 2. The van der Waals surface area contributed by atoms with E-state index >= 15 is 0 Å². The highest BCUT2D eigenvalue weighted by molar-refractivity contribution is 5.69. The molecule has 0 radical (unpaired) electrons. The minimum atomic E-state index is -0.0759. The Balaban J connectivity index is 1.29. The van der Waals surface area contributed by atoms with Crippen molar-refractivity contribution in [2.24, 2.45) is 5.92 Å². The second kappa shape index (κ2) is 17.4. The first-order valence-electron chi connectivity index (χ1n) is 13.2. The Hall–Kier alpha value is -1.14. The molecule has 186 valence electrons. The molecule has 0 aromatic rings. The number of unbranched alkanes of at least 4 members (excludes halogenated alkanes) is 9. The highest BCUT2D eigenvalue weighted by Gasteiger charge is 2.24. The predicted octanol–water partition coefficient (Wildman–Crippen LogP) is 5.75. The van der Waals surface area contributed by atoms with Crippen LogP contribution < -0.4 is 0 Å². The van der Waals surface area contributed by atoms with E-state index in [0.717, 1.165) is 44.8 Å². The molecule has 0 aliphatic carbocycles. The standard InChI is InChI=1S/C26H46O6/c1-2-22(15-11-8-9-13-17-26(28)32-21-24-19-30-24)14-10-6-4-3-5-7-12-16-25(27)31-20-23-18-29-23/h22-24H,2-21H2,1H3. The van der Waals surface area contributed by atoms with Crippen LogP contribution in [-0.4, -0.2) is 50.6 Å². The van der Waals surface area contributed by atoms with Crippen LogP contribution in [0.3, 0.4) is 0 Å². The van der Waals surface area contributed by atoms with Crippen molar-refractivity contribution in [1.82, 2.24) is 0 Å². The van der Waals surface area contributed by atoms with Gasteiger partial charge >= 0.3 is 11.9 Å². The van der Waals surface area contributed by atoms with Crippen molar-refractivity contribution in [2.75, 3.05) is 26.4 Å². The van der Waals surface area contributed by atoms with E-state index in [0.29, 0.717) is 26.1 Å². The van der Waals surface area contributed by atoms with Gasteiger partial charge < -0.3 is 18.9 Å². The smallest absolute Gasteiger partial charge is 0.305 e. The van der Waals surface area contributed by atoms with Gasteiger partial charge in [0.2, 0.25) is 0 Å². The molecule has 2 heterocycles. The third kappa shape index (κ3) is 15.6. The molecule has 6 heteroatoms. The molecule has 0 aromatic carbocycles. The van der Waals surface area contributed by atoms with E-state index in [4.69, 9.17) is 18.9 Å². The molecule has 2 fully saturated rings. The Morgan fingerprint density at radius 2 is 1.06 bits per heavy atom. The molecule has 0 aromatic heterocycles. The van der Waals surface area contributed by atoms with Crippen LogP contribution >= 0.6 is 0 Å². The van der Waals surface area contributed by atoms with Crippen LogP contribution in [0.1, 0.15) is 110 Å². The Morgan fingerprint density at radius 3 is 1.44 bits per heavy atom. The van der Waals surface area contributed by atoms with Crippen LogP contribution in [0.5, 0.6) is 0 Å². The Morgan fingerprint density at radius 1 is 0.688 bits per heavy atom. The van der Waals surface area contributed by atoms with Gasteiger partial charge in [0.25, 0.3) is 0 Å². The molecule has 0 bridgehead atoms. The van der Waals surface area contributed by atoms with E-state index in [1.54, 1.807) is 0 Å². The number of carbonyl (C=O) groups excluding carboxylic acids is 2. The number of hydrogen-bond donors (Lipinski definition) is 0. The Kier molecular flexibility index (Phi) is 14.7. The summed E-state index contributed by atoms with van der Waals surface area (Å²) in [6, 6.07) is 0. The lowest BCUT2D eigenvalue weighted by Gasteiger charge is -2.14. The number of epoxide rings is 2. The molecule has 2 aliphatic rings. The van der Waals surface area contributed by atoms with Crippen LogP contribution in [0.4, 0.5) is 0 Å². The average Bonchev–Trinajstić information content (AvgIpc) is 3.70. The van der Waals surface area contributed by atoms with Crippen molar-refractivity contribution in [1.29, 1.82) is 0 Å². The van der Waals surface area contributed by atoms with Gasteiger partial charge in [0.1, 0.15) is 25.4 Å². The van der Waals surface area contributed by atoms with Gasteiger partial charge in [-0.15, -0.1) is 0 Å². The molecule has 3 atom stereocenters. The lowest BCUT2D eigenvalue weighted by Crippen LogP contribution is -2.09. The van der Waals surface area contributed by atoms with Crippen LogP contribution in [0, 0.1) is 5.92 Å². The fourth-order valence-electron chi connectivity index (χ4n) is 4.04. The van der Waals surface area contributed by atoms with Gasteiger partial charge in [-0.25, -0.2) is 0 Å². The first-order valence-corrected chi connectivity index (χ1v) is 13.2. The van der Waals surface area contributed by atoms with Gasteiger partial charge in [-0.05, 0) is 18.8 Å². The lowest BCUT2D eigenvalue weighted by atomic mass is 9.92. The maximum absolute atomic E-state index is 11.6. The summed E-state index contributed by atoms with van der Waals surface area (Å²) in [6.45, 7) is 4.66. The van der Waals surface area contributed by atoms with Crippen LogP contribution in [-0.2, 0) is 28.5 Å². The van der Waals surface area contributed by atoms with Gasteiger partial charge in [-0.1, -0.05) is 84.0 Å². The van der Waals surface area contributed by atoms with Crippen molar-refractivity contribution >= 4 is 11.9 Å². The van der Waals surface area contributed by atoms with Crippen molar-refractivity contribution in [3.05, 3.63) is 0 Å². The van der Waals surface area contributed by atoms with Gasteiger partial charge in [0.15, 0.2) is 0 Å². The van der Waals surface area contributed by atoms with E-state index in [-0.39, 0.29) is 24.1 Å². The molecule has 2 rings (SSSR count). The Bertz CT molecular complexity index is 501. The summed E-state index contributed by atoms with van der Waals surface area (Å²) >= 11 is 0. The number of esters is 2. The molecule has 32 heavy (non-hydrogen) atoms. The molecule has 2 saturated heterocycles. The molecule has 0 amide bonds. The van der Waals surface area contributed by atoms with Gasteiger partial charge in [0, 0.05) is 12.8 Å². The third-order valence-corrected chi connectivity index (χ3v) is 6.48. The number of ether oxygens (including phenoxy) is 4. The molecule has 0 N–H and O–H groups in total. The highest BCUT2D eigenvalue weighted by atomic mass is 16.6. The number of rotatable bonds is 22. The monoisotopic (exact) mass is 454 g/mol. The summed E-state index contributed by atoms with van der Waals surface area (Å²) in [4.78, 5) is 23.1. The summed E-state index contributed by atoms with van der Waals surface area (Å²) < 4.78 is 20.4. The quantitative estimate of drug-likeness (QED) is 0.118. The topological polar surface area (TPSA) is 77.7 Å². The maximum atomic E-state index is 11.6. The summed E-state index contributed by atoms with van der Waals surface area (Å²) in [6.07, 6.45) is 18.5. The molecular weight excluding hydrogens is 408 g/mol. The first kappa shape index (κ1) is 27.1. The minimum Gasteiger partial charge on any atom is -0.463 e. The fourth-order valence-corrected chi connectivity index (χ4v) is 4.04. The van der Waals surface area contributed by atoms with E-state index in [9.17, 15) is 9.59 Å². The molecule has 6 nitrogen and oxygen atoms in total. The van der Waals surface area contributed by atoms with Crippen molar-refractivity contribution in [3.8, 4) is 0 Å². The average molecular weight is 455 g/mol. The maximum Gasteiger partial charge on any atom is 0.305 e. The van der Waals surface area contributed by atoms with Gasteiger partial charge in [-0.2, -0.15) is 0 Å². The normalized spacial score (nSPS) is 20.0. The van der Waals surface area contributed by atoms with E-state index in [1.165, 1.54) is 64.2 Å².